The number of methoxy groups -OCH3 is 1. The third-order valence-electron chi connectivity index (χ3n) is 1.96. The molecule has 15 heavy (non-hydrogen) atoms. The van der Waals surface area contributed by atoms with Gasteiger partial charge in [-0.1, -0.05) is 0 Å². The first-order valence-electron chi connectivity index (χ1n) is 4.09. The van der Waals surface area contributed by atoms with E-state index in [1.165, 1.54) is 7.11 Å². The molecule has 1 saturated heterocycles. The molecule has 0 amide bonds. The summed E-state index contributed by atoms with van der Waals surface area (Å²) in [4.78, 5) is 16.8. The van der Waals surface area contributed by atoms with Crippen molar-refractivity contribution in [3.63, 3.8) is 0 Å². The van der Waals surface area contributed by atoms with E-state index in [2.05, 4.69) is 9.26 Å². The predicted molar refractivity (Wildman–Crippen MR) is 45.7 cm³/mol. The Bertz CT molecular complexity index is 252. The van der Waals surface area contributed by atoms with E-state index >= 15 is 0 Å². The Hall–Kier alpha value is -0.0500. The number of phosphoric acid groups is 1. The molecule has 9 heteroatoms. The van der Waals surface area contributed by atoms with Crippen molar-refractivity contribution in [1.29, 1.82) is 0 Å². The zero-order valence-electron chi connectivity index (χ0n) is 7.89. The third-order valence-corrected chi connectivity index (χ3v) is 2.44. The van der Waals surface area contributed by atoms with E-state index in [0.29, 0.717) is 0 Å². The molecule has 0 aromatic carbocycles. The Morgan fingerprint density at radius 1 is 1.33 bits per heavy atom. The lowest BCUT2D eigenvalue weighted by Gasteiger charge is -2.14. The number of aliphatic hydroxyl groups is 2. The molecule has 1 aliphatic rings. The van der Waals surface area contributed by atoms with Crippen LogP contribution < -0.4 is 0 Å². The second kappa shape index (κ2) is 4.86. The van der Waals surface area contributed by atoms with E-state index in [1.54, 1.807) is 0 Å². The highest BCUT2D eigenvalue weighted by molar-refractivity contribution is 7.46. The monoisotopic (exact) mass is 244 g/mol. The van der Waals surface area contributed by atoms with Gasteiger partial charge < -0.3 is 29.5 Å². The van der Waals surface area contributed by atoms with E-state index in [9.17, 15) is 14.8 Å². The minimum absolute atomic E-state index is 0.525. The van der Waals surface area contributed by atoms with E-state index in [1.807, 2.05) is 0 Å². The van der Waals surface area contributed by atoms with Gasteiger partial charge in [0.1, 0.15) is 18.3 Å². The summed E-state index contributed by atoms with van der Waals surface area (Å²) in [6.07, 6.45) is -4.62. The highest BCUT2D eigenvalue weighted by Gasteiger charge is 2.43. The van der Waals surface area contributed by atoms with Gasteiger partial charge in [-0.25, -0.2) is 4.57 Å². The van der Waals surface area contributed by atoms with Crippen LogP contribution in [-0.4, -0.2) is 58.3 Å². The van der Waals surface area contributed by atoms with Crippen LogP contribution >= 0.6 is 7.82 Å². The molecule has 1 heterocycles. The maximum Gasteiger partial charge on any atom is 0.469 e. The van der Waals surface area contributed by atoms with Crippen molar-refractivity contribution in [2.24, 2.45) is 0 Å². The van der Waals surface area contributed by atoms with Crippen molar-refractivity contribution in [2.45, 2.75) is 24.6 Å². The number of rotatable bonds is 4. The molecule has 4 atom stereocenters. The molecule has 0 aromatic rings. The molecule has 1 rings (SSSR count). The minimum Gasteiger partial charge on any atom is -0.387 e. The molecule has 0 bridgehead atoms. The van der Waals surface area contributed by atoms with Crippen molar-refractivity contribution >= 4 is 7.82 Å². The Balaban J connectivity index is 2.47. The van der Waals surface area contributed by atoms with Crippen molar-refractivity contribution in [2.75, 3.05) is 13.7 Å². The number of hydrogen-bond donors (Lipinski definition) is 4. The van der Waals surface area contributed by atoms with Crippen LogP contribution in [0.3, 0.4) is 0 Å². The van der Waals surface area contributed by atoms with E-state index in [0.717, 1.165) is 0 Å². The van der Waals surface area contributed by atoms with Gasteiger partial charge in [-0.05, 0) is 0 Å². The van der Waals surface area contributed by atoms with Gasteiger partial charge in [-0.15, -0.1) is 0 Å². The zero-order chi connectivity index (χ0) is 11.6. The minimum atomic E-state index is -4.61. The Morgan fingerprint density at radius 2 is 1.93 bits per heavy atom. The number of ether oxygens (including phenoxy) is 2. The first-order valence-corrected chi connectivity index (χ1v) is 5.62. The molecule has 4 N–H and O–H groups in total. The van der Waals surface area contributed by atoms with Crippen molar-refractivity contribution in [1.82, 2.24) is 0 Å². The van der Waals surface area contributed by atoms with E-state index in [4.69, 9.17) is 14.5 Å². The average Bonchev–Trinajstić information content (AvgIpc) is 2.40. The Kier molecular flexibility index (Phi) is 4.21. The molecule has 90 valence electrons. The maximum absolute atomic E-state index is 10.4. The highest BCUT2D eigenvalue weighted by Crippen LogP contribution is 2.37. The first kappa shape index (κ1) is 13.0. The topological polar surface area (TPSA) is 126 Å². The van der Waals surface area contributed by atoms with Crippen LogP contribution in [0.25, 0.3) is 0 Å². The second-order valence-electron chi connectivity index (χ2n) is 3.05. The summed E-state index contributed by atoms with van der Waals surface area (Å²) in [5.74, 6) is 0. The summed E-state index contributed by atoms with van der Waals surface area (Å²) in [5.41, 5.74) is 0. The molecule has 1 aliphatic heterocycles. The molecule has 8 nitrogen and oxygen atoms in total. The molecule has 0 spiro atoms. The normalized spacial score (nSPS) is 37.1. The van der Waals surface area contributed by atoms with E-state index < -0.39 is 39.0 Å². The smallest absolute Gasteiger partial charge is 0.387 e. The molecule has 1 fully saturated rings. The number of hydrogen-bond acceptors (Lipinski definition) is 6. The Morgan fingerprint density at radius 3 is 2.33 bits per heavy atom. The number of aliphatic hydroxyl groups excluding tert-OH is 2. The van der Waals surface area contributed by atoms with Gasteiger partial charge >= 0.3 is 7.82 Å². The summed E-state index contributed by atoms with van der Waals surface area (Å²) >= 11 is 0. The summed E-state index contributed by atoms with van der Waals surface area (Å²) in [5, 5.41) is 18.7. The third kappa shape index (κ3) is 3.47. The zero-order valence-corrected chi connectivity index (χ0v) is 8.78. The van der Waals surface area contributed by atoms with Gasteiger partial charge in [0.05, 0.1) is 6.61 Å². The van der Waals surface area contributed by atoms with Crippen LogP contribution in [0.4, 0.5) is 0 Å². The van der Waals surface area contributed by atoms with Crippen LogP contribution in [0.1, 0.15) is 0 Å². The lowest BCUT2D eigenvalue weighted by molar-refractivity contribution is -0.152. The summed E-state index contributed by atoms with van der Waals surface area (Å²) in [6, 6.07) is 0. The van der Waals surface area contributed by atoms with Crippen LogP contribution in [0.2, 0.25) is 0 Å². The van der Waals surface area contributed by atoms with E-state index in [-0.39, 0.29) is 0 Å². The molecular formula is C6H13O8P. The fourth-order valence-corrected chi connectivity index (χ4v) is 1.56. The second-order valence-corrected chi connectivity index (χ2v) is 4.29. The van der Waals surface area contributed by atoms with Crippen molar-refractivity contribution < 1.29 is 38.6 Å². The largest absolute Gasteiger partial charge is 0.469 e. The van der Waals surface area contributed by atoms with Crippen LogP contribution in [0.5, 0.6) is 0 Å². The molecule has 0 aliphatic carbocycles. The average molecular weight is 244 g/mol. The lowest BCUT2D eigenvalue weighted by Crippen LogP contribution is -2.34. The van der Waals surface area contributed by atoms with Crippen molar-refractivity contribution in [3.05, 3.63) is 0 Å². The lowest BCUT2D eigenvalue weighted by atomic mass is 10.1. The van der Waals surface area contributed by atoms with Crippen molar-refractivity contribution in [3.8, 4) is 0 Å². The van der Waals surface area contributed by atoms with Crippen LogP contribution in [0.15, 0.2) is 0 Å². The fourth-order valence-electron chi connectivity index (χ4n) is 1.22. The van der Waals surface area contributed by atoms with Gasteiger partial charge in [0.15, 0.2) is 6.29 Å². The molecule has 0 aromatic heterocycles. The standard InChI is InChI=1S/C6H13O8P/c1-12-6-5(8)4(7)3(14-6)2-13-15(9,10)11/h3-8H,2H2,1H3,(H2,9,10,11)/t3-,4-,5+,6-/m1/s1. The maximum atomic E-state index is 10.4. The SMILES string of the molecule is CO[C@@H]1O[C@H](COP(=O)(O)O)[C@@H](O)[C@@H]1O. The summed E-state index contributed by atoms with van der Waals surface area (Å²) in [6.45, 7) is -0.525. The molecule has 0 unspecified atom stereocenters. The first-order chi connectivity index (χ1) is 6.85. The summed E-state index contributed by atoms with van der Waals surface area (Å²) in [7, 11) is -3.34. The fraction of sp³-hybridized carbons (Fsp3) is 1.00. The van der Waals surface area contributed by atoms with Gasteiger partial charge in [-0.3, -0.25) is 4.52 Å². The van der Waals surface area contributed by atoms with Crippen LogP contribution in [0, 0.1) is 0 Å². The molecule has 0 radical (unpaired) electrons. The Labute approximate surface area is 85.6 Å². The molecule has 0 saturated carbocycles. The predicted octanol–water partition coefficient (Wildman–Crippen LogP) is -1.81. The van der Waals surface area contributed by atoms with Gasteiger partial charge in [0.25, 0.3) is 0 Å². The van der Waals surface area contributed by atoms with Gasteiger partial charge in [0, 0.05) is 7.11 Å². The van der Waals surface area contributed by atoms with Gasteiger partial charge in [-0.2, -0.15) is 0 Å². The molecular weight excluding hydrogens is 231 g/mol. The van der Waals surface area contributed by atoms with Crippen LogP contribution in [-0.2, 0) is 18.6 Å². The highest BCUT2D eigenvalue weighted by atomic mass is 31.2. The summed E-state index contributed by atoms with van der Waals surface area (Å²) < 4.78 is 24.1. The number of phosphoric ester groups is 1. The quantitative estimate of drug-likeness (QED) is 0.426. The van der Waals surface area contributed by atoms with Gasteiger partial charge in [0.2, 0.25) is 0 Å².